The molecule has 0 aromatic heterocycles. The maximum Gasteiger partial charge on any atom is 0.366 e. The third-order valence-corrected chi connectivity index (χ3v) is 9.30. The van der Waals surface area contributed by atoms with Gasteiger partial charge in [-0.3, -0.25) is 14.7 Å². The van der Waals surface area contributed by atoms with Crippen molar-refractivity contribution in [2.45, 2.75) is 13.7 Å². The number of rotatable bonds is 8. The number of carboxylic acid groups (broad SMARTS) is 1. The quantitative estimate of drug-likeness (QED) is 0.218. The molecule has 0 bridgehead atoms. The first-order chi connectivity index (χ1) is 12.1. The van der Waals surface area contributed by atoms with Crippen LogP contribution in [0.15, 0.2) is 67.3 Å². The zero-order valence-electron chi connectivity index (χ0n) is 13.0. The van der Waals surface area contributed by atoms with Gasteiger partial charge in [0.2, 0.25) is 3.94 Å². The monoisotopic (exact) mass is 541 g/mol. The molecule has 2 aromatic carbocycles. The Morgan fingerprint density at radius 3 is 1.65 bits per heavy atom. The van der Waals surface area contributed by atoms with E-state index in [1.807, 2.05) is 0 Å². The summed E-state index contributed by atoms with van der Waals surface area (Å²) in [5.41, 5.74) is 0. The lowest BCUT2D eigenvalue weighted by molar-refractivity contribution is -0.135. The van der Waals surface area contributed by atoms with Crippen molar-refractivity contribution < 1.29 is 24.3 Å². The third-order valence-electron chi connectivity index (χ3n) is 2.99. The molecule has 0 atom stereocenters. The maximum atomic E-state index is 12.4. The molecule has 0 aliphatic rings. The molecule has 26 heavy (non-hydrogen) atoms. The van der Waals surface area contributed by atoms with Gasteiger partial charge in [0.1, 0.15) is 0 Å². The molecule has 0 saturated heterocycles. The Bertz CT molecular complexity index is 766. The number of carboxylic acids is 1. The van der Waals surface area contributed by atoms with E-state index in [1.165, 1.54) is 0 Å². The summed E-state index contributed by atoms with van der Waals surface area (Å²) < 4.78 is 12.1. The largest absolute Gasteiger partial charge is 0.480 e. The SMILES string of the molecule is O=C(O)CNC(Sc1ccc(Br)cc1)(Sc1ccc(Br)cc1)P(=O)(O)O. The summed E-state index contributed by atoms with van der Waals surface area (Å²) in [7, 11) is -4.79. The minimum Gasteiger partial charge on any atom is -0.480 e. The lowest BCUT2D eigenvalue weighted by Gasteiger charge is -2.33. The summed E-state index contributed by atoms with van der Waals surface area (Å²) in [6.07, 6.45) is 0. The van der Waals surface area contributed by atoms with Crippen molar-refractivity contribution in [1.29, 1.82) is 0 Å². The molecule has 0 aliphatic heterocycles. The fourth-order valence-corrected chi connectivity index (χ4v) is 6.44. The predicted octanol–water partition coefficient (Wildman–Crippen LogP) is 4.56. The van der Waals surface area contributed by atoms with Gasteiger partial charge in [-0.1, -0.05) is 55.4 Å². The normalized spacial score (nSPS) is 12.2. The van der Waals surface area contributed by atoms with Crippen LogP contribution in [0.2, 0.25) is 0 Å². The maximum absolute atomic E-state index is 12.4. The van der Waals surface area contributed by atoms with E-state index in [1.54, 1.807) is 48.5 Å². The first-order valence-corrected chi connectivity index (χ1v) is 11.9. The number of aliphatic carboxylic acids is 1. The Balaban J connectivity index is 2.44. The summed E-state index contributed by atoms with van der Waals surface area (Å²) in [6.45, 7) is -0.599. The smallest absolute Gasteiger partial charge is 0.366 e. The molecule has 0 heterocycles. The molecule has 6 nitrogen and oxygen atoms in total. The Kier molecular flexibility index (Phi) is 7.82. The van der Waals surface area contributed by atoms with Crippen molar-refractivity contribution in [3.8, 4) is 0 Å². The van der Waals surface area contributed by atoms with Crippen LogP contribution in [0.25, 0.3) is 0 Å². The summed E-state index contributed by atoms with van der Waals surface area (Å²) in [5.74, 6) is -1.21. The van der Waals surface area contributed by atoms with Crippen LogP contribution in [-0.4, -0.2) is 31.4 Å². The highest BCUT2D eigenvalue weighted by Gasteiger charge is 2.49. The Morgan fingerprint density at radius 1 is 0.962 bits per heavy atom. The van der Waals surface area contributed by atoms with Gasteiger partial charge in [0.25, 0.3) is 0 Å². The minimum absolute atomic E-state index is 0.582. The van der Waals surface area contributed by atoms with Gasteiger partial charge < -0.3 is 14.9 Å². The van der Waals surface area contributed by atoms with Gasteiger partial charge in [0.05, 0.1) is 6.54 Å². The van der Waals surface area contributed by atoms with Gasteiger partial charge in [0.15, 0.2) is 0 Å². The molecule has 0 saturated carbocycles. The van der Waals surface area contributed by atoms with Gasteiger partial charge in [-0.25, -0.2) is 0 Å². The number of carbonyl (C=O) groups is 1. The van der Waals surface area contributed by atoms with Gasteiger partial charge in [-0.2, -0.15) is 0 Å². The molecule has 0 amide bonds. The average molecular weight is 543 g/mol. The van der Waals surface area contributed by atoms with Crippen LogP contribution in [-0.2, 0) is 9.36 Å². The van der Waals surface area contributed by atoms with Gasteiger partial charge in [-0.15, -0.1) is 0 Å². The molecule has 0 radical (unpaired) electrons. The molecule has 0 unspecified atom stereocenters. The van der Waals surface area contributed by atoms with Crippen LogP contribution in [0.5, 0.6) is 0 Å². The highest BCUT2D eigenvalue weighted by atomic mass is 79.9. The lowest BCUT2D eigenvalue weighted by Crippen LogP contribution is -2.41. The Hall–Kier alpha value is -0.320. The van der Waals surface area contributed by atoms with E-state index in [-0.39, 0.29) is 0 Å². The fraction of sp³-hybridized carbons (Fsp3) is 0.133. The summed E-state index contributed by atoms with van der Waals surface area (Å²) in [5, 5.41) is 11.5. The molecule has 4 N–H and O–H groups in total. The number of hydrogen-bond acceptors (Lipinski definition) is 5. The molecule has 0 aliphatic carbocycles. The van der Waals surface area contributed by atoms with Gasteiger partial charge in [0, 0.05) is 18.7 Å². The van der Waals surface area contributed by atoms with Crippen LogP contribution in [0.1, 0.15) is 0 Å². The number of hydrogen-bond donors (Lipinski definition) is 4. The van der Waals surface area contributed by atoms with E-state index < -0.39 is 24.1 Å². The molecule has 2 aromatic rings. The topological polar surface area (TPSA) is 107 Å². The minimum atomic E-state index is -4.79. The fourth-order valence-electron chi connectivity index (χ4n) is 1.83. The van der Waals surface area contributed by atoms with Crippen molar-refractivity contribution in [2.75, 3.05) is 6.54 Å². The molecule has 11 heteroatoms. The summed E-state index contributed by atoms with van der Waals surface area (Å²) in [4.78, 5) is 32.3. The van der Waals surface area contributed by atoms with E-state index >= 15 is 0 Å². The highest BCUT2D eigenvalue weighted by Crippen LogP contribution is 2.64. The molecule has 2 rings (SSSR count). The first kappa shape index (κ1) is 22.0. The Labute approximate surface area is 175 Å². The molecule has 0 fully saturated rings. The molecule has 140 valence electrons. The van der Waals surface area contributed by atoms with Gasteiger partial charge in [-0.05, 0) is 48.5 Å². The van der Waals surface area contributed by atoms with E-state index in [2.05, 4.69) is 37.2 Å². The zero-order chi connectivity index (χ0) is 19.4. The van der Waals surface area contributed by atoms with E-state index in [0.717, 1.165) is 32.5 Å². The molecule has 0 spiro atoms. The summed E-state index contributed by atoms with van der Waals surface area (Å²) in [6, 6.07) is 13.8. The lowest BCUT2D eigenvalue weighted by atomic mass is 10.4. The number of thioether (sulfide) groups is 2. The van der Waals surface area contributed by atoms with E-state index in [9.17, 15) is 19.1 Å². The zero-order valence-corrected chi connectivity index (χ0v) is 18.7. The molecular weight excluding hydrogens is 529 g/mol. The van der Waals surface area contributed by atoms with Crippen LogP contribution >= 0.6 is 63.0 Å². The number of benzene rings is 2. The highest BCUT2D eigenvalue weighted by molar-refractivity contribution is 9.10. The van der Waals surface area contributed by atoms with Crippen molar-refractivity contribution in [2.24, 2.45) is 0 Å². The first-order valence-electron chi connectivity index (χ1n) is 7.03. The second-order valence-corrected chi connectivity index (χ2v) is 12.0. The van der Waals surface area contributed by atoms with Crippen molar-refractivity contribution >= 4 is 68.9 Å². The Morgan fingerprint density at radius 2 is 1.35 bits per heavy atom. The summed E-state index contributed by atoms with van der Waals surface area (Å²) >= 11 is 8.39. The van der Waals surface area contributed by atoms with Crippen LogP contribution < -0.4 is 5.32 Å². The van der Waals surface area contributed by atoms with E-state index in [0.29, 0.717) is 9.79 Å². The predicted molar refractivity (Wildman–Crippen MR) is 110 cm³/mol. The standard InChI is InChI=1S/C15H14Br2NO5PS2/c16-10-1-5-12(6-2-10)25-15(24(21,22)23,18-9-14(19)20)26-13-7-3-11(17)4-8-13/h1-8,18H,9H2,(H,19,20)(H2,21,22,23). The van der Waals surface area contributed by atoms with Crippen molar-refractivity contribution in [3.05, 3.63) is 57.5 Å². The number of halogens is 2. The van der Waals surface area contributed by atoms with Crippen LogP contribution in [0, 0.1) is 0 Å². The van der Waals surface area contributed by atoms with E-state index in [4.69, 9.17) is 5.11 Å². The third kappa shape index (κ3) is 6.10. The average Bonchev–Trinajstić information content (AvgIpc) is 2.55. The van der Waals surface area contributed by atoms with Crippen molar-refractivity contribution in [1.82, 2.24) is 5.32 Å². The number of nitrogens with one attached hydrogen (secondary N) is 1. The van der Waals surface area contributed by atoms with Gasteiger partial charge >= 0.3 is 13.6 Å². The van der Waals surface area contributed by atoms with Crippen LogP contribution in [0.4, 0.5) is 0 Å². The second kappa shape index (κ2) is 9.25. The van der Waals surface area contributed by atoms with Crippen LogP contribution in [0.3, 0.4) is 0 Å². The second-order valence-electron chi connectivity index (χ2n) is 4.99. The van der Waals surface area contributed by atoms with Crippen molar-refractivity contribution in [3.63, 3.8) is 0 Å². The molecular formula is C15H14Br2NO5PS2.